The van der Waals surface area contributed by atoms with E-state index >= 15 is 0 Å². The molecular weight excluding hydrogens is 140 g/mol. The molecule has 0 aromatic carbocycles. The second kappa shape index (κ2) is 7.58. The third-order valence-electron chi connectivity index (χ3n) is 1.64. The lowest BCUT2D eigenvalue weighted by atomic mass is 10.1. The van der Waals surface area contributed by atoms with Gasteiger partial charge in [-0.15, -0.1) is 0 Å². The average molecular weight is 157 g/mol. The molecule has 0 aliphatic carbocycles. The van der Waals surface area contributed by atoms with Crippen LogP contribution in [0, 0.1) is 6.92 Å². The topological polar surface area (TPSA) is 37.3 Å². The molecule has 65 valence electrons. The van der Waals surface area contributed by atoms with Gasteiger partial charge in [0.1, 0.15) is 0 Å². The molecule has 2 nitrogen and oxygen atoms in total. The zero-order valence-electron chi connectivity index (χ0n) is 7.01. The van der Waals surface area contributed by atoms with Crippen molar-refractivity contribution in [2.24, 2.45) is 0 Å². The normalized spacial score (nSPS) is 9.91. The Morgan fingerprint density at radius 2 is 1.64 bits per heavy atom. The maximum Gasteiger partial charge on any atom is 0.303 e. The summed E-state index contributed by atoms with van der Waals surface area (Å²) in [6.45, 7) is 3.74. The van der Waals surface area contributed by atoms with E-state index in [9.17, 15) is 4.79 Å². The summed E-state index contributed by atoms with van der Waals surface area (Å²) in [5.74, 6) is -0.679. The molecule has 0 spiro atoms. The van der Waals surface area contributed by atoms with Crippen molar-refractivity contribution in [2.45, 2.75) is 44.9 Å². The van der Waals surface area contributed by atoms with Crippen molar-refractivity contribution >= 4 is 5.97 Å². The van der Waals surface area contributed by atoms with Crippen molar-refractivity contribution in [3.63, 3.8) is 0 Å². The molecule has 0 heterocycles. The molecule has 0 rings (SSSR count). The Labute approximate surface area is 68.6 Å². The van der Waals surface area contributed by atoms with Crippen LogP contribution in [0.25, 0.3) is 0 Å². The molecular formula is C9H17O2. The van der Waals surface area contributed by atoms with E-state index in [2.05, 4.69) is 6.92 Å². The molecule has 1 radical (unpaired) electrons. The van der Waals surface area contributed by atoms with Gasteiger partial charge >= 0.3 is 5.97 Å². The van der Waals surface area contributed by atoms with Crippen molar-refractivity contribution in [3.05, 3.63) is 6.92 Å². The number of unbranched alkanes of at least 4 members (excludes halogenated alkanes) is 5. The highest BCUT2D eigenvalue weighted by molar-refractivity contribution is 5.66. The first-order valence-corrected chi connectivity index (χ1v) is 4.28. The maximum atomic E-state index is 10.1. The minimum atomic E-state index is -0.679. The second-order valence-corrected chi connectivity index (χ2v) is 2.77. The largest absolute Gasteiger partial charge is 0.481 e. The van der Waals surface area contributed by atoms with Gasteiger partial charge in [-0.05, 0) is 6.42 Å². The van der Waals surface area contributed by atoms with Gasteiger partial charge in [0.25, 0.3) is 0 Å². The molecule has 0 aromatic heterocycles. The van der Waals surface area contributed by atoms with Crippen molar-refractivity contribution in [3.8, 4) is 0 Å². The molecule has 11 heavy (non-hydrogen) atoms. The van der Waals surface area contributed by atoms with Gasteiger partial charge in [0, 0.05) is 6.42 Å². The minimum Gasteiger partial charge on any atom is -0.481 e. The highest BCUT2D eigenvalue weighted by Gasteiger charge is 1.95. The zero-order chi connectivity index (χ0) is 8.53. The third kappa shape index (κ3) is 9.47. The van der Waals surface area contributed by atoms with Crippen LogP contribution in [-0.2, 0) is 4.79 Å². The molecule has 0 aliphatic heterocycles. The Balaban J connectivity index is 2.85. The smallest absolute Gasteiger partial charge is 0.303 e. The summed E-state index contributed by atoms with van der Waals surface area (Å²) in [4.78, 5) is 10.1. The Hall–Kier alpha value is -0.530. The quantitative estimate of drug-likeness (QED) is 0.577. The summed E-state index contributed by atoms with van der Waals surface area (Å²) in [7, 11) is 0. The predicted molar refractivity (Wildman–Crippen MR) is 45.3 cm³/mol. The number of carbonyl (C=O) groups is 1. The van der Waals surface area contributed by atoms with Crippen LogP contribution in [0.15, 0.2) is 0 Å². The number of carboxylic acids is 1. The Bertz CT molecular complexity index is 99.7. The van der Waals surface area contributed by atoms with E-state index < -0.39 is 5.97 Å². The summed E-state index contributed by atoms with van der Waals surface area (Å²) in [6.07, 6.45) is 6.72. The van der Waals surface area contributed by atoms with Crippen LogP contribution in [0.1, 0.15) is 44.9 Å². The van der Waals surface area contributed by atoms with Crippen LogP contribution >= 0.6 is 0 Å². The summed E-state index contributed by atoms with van der Waals surface area (Å²) in [6, 6.07) is 0. The number of hydrogen-bond acceptors (Lipinski definition) is 1. The fourth-order valence-electron chi connectivity index (χ4n) is 0.983. The van der Waals surface area contributed by atoms with E-state index in [0.29, 0.717) is 6.42 Å². The number of rotatable bonds is 7. The lowest BCUT2D eigenvalue weighted by Gasteiger charge is -1.96. The predicted octanol–water partition coefficient (Wildman–Crippen LogP) is 2.64. The van der Waals surface area contributed by atoms with E-state index in [0.717, 1.165) is 25.7 Å². The first kappa shape index (κ1) is 10.5. The monoisotopic (exact) mass is 157 g/mol. The fraction of sp³-hybridized carbons (Fsp3) is 0.778. The van der Waals surface area contributed by atoms with E-state index in [4.69, 9.17) is 5.11 Å². The molecule has 0 bridgehead atoms. The van der Waals surface area contributed by atoms with Crippen molar-refractivity contribution < 1.29 is 9.90 Å². The molecule has 0 amide bonds. The van der Waals surface area contributed by atoms with Gasteiger partial charge in [0.2, 0.25) is 0 Å². The van der Waals surface area contributed by atoms with Crippen molar-refractivity contribution in [1.29, 1.82) is 0 Å². The van der Waals surface area contributed by atoms with Crippen LogP contribution in [0.3, 0.4) is 0 Å². The van der Waals surface area contributed by atoms with Crippen molar-refractivity contribution in [1.82, 2.24) is 0 Å². The SMILES string of the molecule is [CH2]CCCCCCCC(=O)O. The molecule has 0 saturated heterocycles. The molecule has 1 N–H and O–H groups in total. The van der Waals surface area contributed by atoms with E-state index in [-0.39, 0.29) is 0 Å². The minimum absolute atomic E-state index is 0.324. The van der Waals surface area contributed by atoms with Gasteiger partial charge in [-0.3, -0.25) is 4.79 Å². The highest BCUT2D eigenvalue weighted by Crippen LogP contribution is 2.06. The molecule has 0 fully saturated rings. The zero-order valence-corrected chi connectivity index (χ0v) is 7.01. The van der Waals surface area contributed by atoms with E-state index in [1.165, 1.54) is 12.8 Å². The third-order valence-corrected chi connectivity index (χ3v) is 1.64. The van der Waals surface area contributed by atoms with E-state index in [1.54, 1.807) is 0 Å². The fourth-order valence-corrected chi connectivity index (χ4v) is 0.983. The lowest BCUT2D eigenvalue weighted by molar-refractivity contribution is -0.137. The average Bonchev–Trinajstić information content (AvgIpc) is 1.96. The second-order valence-electron chi connectivity index (χ2n) is 2.77. The van der Waals surface area contributed by atoms with Crippen LogP contribution in [0.4, 0.5) is 0 Å². The summed E-state index contributed by atoms with van der Waals surface area (Å²) < 4.78 is 0. The summed E-state index contributed by atoms with van der Waals surface area (Å²) in [5.41, 5.74) is 0. The lowest BCUT2D eigenvalue weighted by Crippen LogP contribution is -1.93. The van der Waals surface area contributed by atoms with Gasteiger partial charge in [-0.2, -0.15) is 0 Å². The molecule has 2 heteroatoms. The number of carboxylic acid groups (broad SMARTS) is 1. The molecule has 0 aromatic rings. The molecule has 0 atom stereocenters. The molecule has 0 saturated carbocycles. The Morgan fingerprint density at radius 1 is 1.09 bits per heavy atom. The number of hydrogen-bond donors (Lipinski definition) is 1. The van der Waals surface area contributed by atoms with Crippen LogP contribution in [-0.4, -0.2) is 11.1 Å². The summed E-state index contributed by atoms with van der Waals surface area (Å²) in [5, 5.41) is 8.31. The van der Waals surface area contributed by atoms with Gasteiger partial charge in [-0.25, -0.2) is 0 Å². The Kier molecular flexibility index (Phi) is 7.21. The molecule has 0 aliphatic rings. The van der Waals surface area contributed by atoms with Gasteiger partial charge in [0.05, 0.1) is 0 Å². The van der Waals surface area contributed by atoms with Crippen LogP contribution in [0.5, 0.6) is 0 Å². The maximum absolute atomic E-state index is 10.1. The van der Waals surface area contributed by atoms with Crippen LogP contribution in [0.2, 0.25) is 0 Å². The first-order chi connectivity index (χ1) is 5.27. The molecule has 0 unspecified atom stereocenters. The highest BCUT2D eigenvalue weighted by atomic mass is 16.4. The van der Waals surface area contributed by atoms with Crippen LogP contribution < -0.4 is 0 Å². The van der Waals surface area contributed by atoms with E-state index in [1.807, 2.05) is 0 Å². The Morgan fingerprint density at radius 3 is 2.18 bits per heavy atom. The van der Waals surface area contributed by atoms with Gasteiger partial charge < -0.3 is 5.11 Å². The standard InChI is InChI=1S/C9H17O2/c1-2-3-4-5-6-7-8-9(10)11/h1-8H2,(H,10,11). The van der Waals surface area contributed by atoms with Gasteiger partial charge in [0.15, 0.2) is 0 Å². The number of aliphatic carboxylic acids is 1. The first-order valence-electron chi connectivity index (χ1n) is 4.28. The van der Waals surface area contributed by atoms with Gasteiger partial charge in [-0.1, -0.05) is 39.0 Å². The summed E-state index contributed by atoms with van der Waals surface area (Å²) >= 11 is 0. The van der Waals surface area contributed by atoms with Crippen molar-refractivity contribution in [2.75, 3.05) is 0 Å².